The van der Waals surface area contributed by atoms with Crippen LogP contribution in [0.25, 0.3) is 0 Å². The number of halogens is 2. The fourth-order valence-electron chi connectivity index (χ4n) is 3.71. The SMILES string of the molecule is O=C1C2C[Se]CC1C(c1ccc(Cl)cc1)NC2c1ccc(Cl)cc1. The Morgan fingerprint density at radius 3 is 1.62 bits per heavy atom. The summed E-state index contributed by atoms with van der Waals surface area (Å²) in [5, 5.41) is 7.25. The topological polar surface area (TPSA) is 29.1 Å². The van der Waals surface area contributed by atoms with Gasteiger partial charge in [-0.3, -0.25) is 0 Å². The van der Waals surface area contributed by atoms with Gasteiger partial charge in [0.1, 0.15) is 0 Å². The summed E-state index contributed by atoms with van der Waals surface area (Å²) in [6, 6.07) is 15.9. The number of ketones is 1. The number of hydrogen-bond donors (Lipinski definition) is 1. The van der Waals surface area contributed by atoms with E-state index in [1.165, 1.54) is 0 Å². The number of hydrogen-bond acceptors (Lipinski definition) is 2. The summed E-state index contributed by atoms with van der Waals surface area (Å²) >= 11 is 12.6. The number of carbonyl (C=O) groups is 1. The molecule has 4 unspecified atom stereocenters. The van der Waals surface area contributed by atoms with Crippen molar-refractivity contribution in [3.05, 3.63) is 69.7 Å². The van der Waals surface area contributed by atoms with Crippen LogP contribution >= 0.6 is 23.2 Å². The van der Waals surface area contributed by atoms with Crippen LogP contribution in [0.1, 0.15) is 23.2 Å². The van der Waals surface area contributed by atoms with Crippen LogP contribution in [0.4, 0.5) is 0 Å². The Labute approximate surface area is 158 Å². The second-order valence-electron chi connectivity index (χ2n) is 6.38. The number of piperidine rings is 1. The monoisotopic (exact) mass is 425 g/mol. The molecule has 0 amide bonds. The van der Waals surface area contributed by atoms with Crippen molar-refractivity contribution in [2.45, 2.75) is 22.7 Å². The van der Waals surface area contributed by atoms with E-state index in [4.69, 9.17) is 23.2 Å². The van der Waals surface area contributed by atoms with Crippen molar-refractivity contribution < 1.29 is 4.79 Å². The molecule has 24 heavy (non-hydrogen) atoms. The minimum atomic E-state index is 0.0638. The summed E-state index contributed by atoms with van der Waals surface area (Å²) in [5.74, 6) is 0.601. The summed E-state index contributed by atoms with van der Waals surface area (Å²) in [4.78, 5) is 13.0. The van der Waals surface area contributed by atoms with Gasteiger partial charge in [-0.25, -0.2) is 0 Å². The molecule has 2 heterocycles. The summed E-state index contributed by atoms with van der Waals surface area (Å²) in [7, 11) is 0. The molecule has 2 fully saturated rings. The normalized spacial score (nSPS) is 29.5. The van der Waals surface area contributed by atoms with E-state index in [1.54, 1.807) is 0 Å². The predicted octanol–water partition coefficient (Wildman–Crippen LogP) is 4.73. The number of rotatable bonds is 2. The second-order valence-corrected chi connectivity index (χ2v) is 9.51. The number of carbonyl (C=O) groups excluding carboxylic acids is 1. The molecule has 5 heteroatoms. The van der Waals surface area contributed by atoms with Crippen molar-refractivity contribution in [3.8, 4) is 0 Å². The van der Waals surface area contributed by atoms with E-state index in [0.29, 0.717) is 20.7 Å². The van der Waals surface area contributed by atoms with Gasteiger partial charge in [-0.05, 0) is 0 Å². The Morgan fingerprint density at radius 1 is 0.792 bits per heavy atom. The molecule has 0 saturated carbocycles. The maximum atomic E-state index is 13.0. The van der Waals surface area contributed by atoms with Gasteiger partial charge >= 0.3 is 158 Å². The molecule has 2 bridgehead atoms. The van der Waals surface area contributed by atoms with Crippen LogP contribution in [-0.4, -0.2) is 20.7 Å². The molecular weight excluding hydrogens is 408 g/mol. The molecule has 0 aliphatic carbocycles. The van der Waals surface area contributed by atoms with Crippen molar-refractivity contribution in [1.82, 2.24) is 5.32 Å². The third-order valence-electron chi connectivity index (χ3n) is 4.95. The molecule has 1 N–H and O–H groups in total. The number of benzene rings is 2. The van der Waals surface area contributed by atoms with Crippen molar-refractivity contribution in [2.75, 3.05) is 0 Å². The Kier molecular flexibility index (Phi) is 4.72. The molecule has 124 valence electrons. The van der Waals surface area contributed by atoms with Gasteiger partial charge in [-0.15, -0.1) is 0 Å². The van der Waals surface area contributed by atoms with Gasteiger partial charge in [0.15, 0.2) is 0 Å². The van der Waals surface area contributed by atoms with Crippen LogP contribution in [0.15, 0.2) is 48.5 Å². The zero-order valence-electron chi connectivity index (χ0n) is 12.9. The first-order valence-electron chi connectivity index (χ1n) is 8.02. The van der Waals surface area contributed by atoms with E-state index in [1.807, 2.05) is 48.5 Å². The van der Waals surface area contributed by atoms with Gasteiger partial charge in [0, 0.05) is 0 Å². The molecule has 0 aromatic heterocycles. The third kappa shape index (κ3) is 3.05. The Morgan fingerprint density at radius 2 is 1.21 bits per heavy atom. The summed E-state index contributed by atoms with van der Waals surface area (Å²) < 4.78 is 0. The third-order valence-corrected chi connectivity index (χ3v) is 7.95. The quantitative estimate of drug-likeness (QED) is 0.705. The summed E-state index contributed by atoms with van der Waals surface area (Å²) in [6.07, 6.45) is 0. The van der Waals surface area contributed by atoms with E-state index < -0.39 is 0 Å². The molecule has 0 radical (unpaired) electrons. The molecule has 2 aromatic carbocycles. The molecule has 2 aliphatic heterocycles. The molecule has 2 aliphatic rings. The standard InChI is InChI=1S/C19H17Cl2NOSe/c20-13-5-1-11(2-6-13)17-15-9-24-10-16(19(15)23)18(22-17)12-3-7-14(21)8-4-12/h1-8,15-18,22H,9-10H2. The average molecular weight is 425 g/mol. The van der Waals surface area contributed by atoms with E-state index in [-0.39, 0.29) is 23.9 Å². The van der Waals surface area contributed by atoms with Crippen LogP contribution in [0.2, 0.25) is 20.7 Å². The van der Waals surface area contributed by atoms with Crippen LogP contribution in [0, 0.1) is 11.8 Å². The Bertz CT molecular complexity index is 685. The minimum absolute atomic E-state index is 0.0638. The summed E-state index contributed by atoms with van der Waals surface area (Å²) in [6.45, 7) is 0. The molecule has 4 rings (SSSR count). The first-order valence-corrected chi connectivity index (χ1v) is 11.2. The van der Waals surface area contributed by atoms with E-state index in [9.17, 15) is 4.79 Å². The second kappa shape index (κ2) is 6.82. The molecular formula is C19H17Cl2NOSe. The zero-order chi connectivity index (χ0) is 16.7. The van der Waals surface area contributed by atoms with Gasteiger partial charge in [-0.2, -0.15) is 0 Å². The van der Waals surface area contributed by atoms with Crippen molar-refractivity contribution >= 4 is 43.9 Å². The van der Waals surface area contributed by atoms with Crippen LogP contribution in [0.3, 0.4) is 0 Å². The fourth-order valence-corrected chi connectivity index (χ4v) is 6.81. The molecule has 0 spiro atoms. The van der Waals surface area contributed by atoms with E-state index >= 15 is 0 Å². The molecule has 4 atom stereocenters. The predicted molar refractivity (Wildman–Crippen MR) is 98.9 cm³/mol. The van der Waals surface area contributed by atoms with Gasteiger partial charge in [0.2, 0.25) is 0 Å². The first kappa shape index (κ1) is 16.6. The Balaban J connectivity index is 1.71. The summed E-state index contributed by atoms with van der Waals surface area (Å²) in [5.41, 5.74) is 2.29. The number of Topliss-reactive ketones (excluding diaryl/α,β-unsaturated/α-hetero) is 1. The fraction of sp³-hybridized carbons (Fsp3) is 0.316. The van der Waals surface area contributed by atoms with Crippen molar-refractivity contribution in [2.24, 2.45) is 11.8 Å². The van der Waals surface area contributed by atoms with Crippen molar-refractivity contribution in [1.29, 1.82) is 0 Å². The van der Waals surface area contributed by atoms with E-state index in [2.05, 4.69) is 5.32 Å². The van der Waals surface area contributed by atoms with Crippen LogP contribution < -0.4 is 5.32 Å². The molecule has 2 nitrogen and oxygen atoms in total. The van der Waals surface area contributed by atoms with Crippen LogP contribution in [-0.2, 0) is 4.79 Å². The first-order chi connectivity index (χ1) is 11.6. The van der Waals surface area contributed by atoms with Gasteiger partial charge in [0.25, 0.3) is 0 Å². The van der Waals surface area contributed by atoms with Gasteiger partial charge in [-0.1, -0.05) is 0 Å². The van der Waals surface area contributed by atoms with E-state index in [0.717, 1.165) is 31.8 Å². The Hall–Kier alpha value is -0.831. The maximum absolute atomic E-state index is 13.0. The average Bonchev–Trinajstić information content (AvgIpc) is 2.57. The van der Waals surface area contributed by atoms with Gasteiger partial charge in [0.05, 0.1) is 0 Å². The number of fused-ring (bicyclic) bond motifs is 2. The molecule has 2 saturated heterocycles. The van der Waals surface area contributed by atoms with Crippen LogP contribution in [0.5, 0.6) is 0 Å². The zero-order valence-corrected chi connectivity index (χ0v) is 16.1. The number of nitrogens with one attached hydrogen (secondary N) is 1. The molecule has 2 aromatic rings. The van der Waals surface area contributed by atoms with Gasteiger partial charge < -0.3 is 0 Å². The van der Waals surface area contributed by atoms with Crippen molar-refractivity contribution in [3.63, 3.8) is 0 Å².